The molecule has 0 aliphatic rings. The SMILES string of the molecule is COc1cc(C(=O)NC(CCSC)C(=O)OCC(=O)c2c(C)[nH]c3ccccc23)cc(OC)c1OC. The predicted molar refractivity (Wildman–Crippen MR) is 139 cm³/mol. The zero-order valence-corrected chi connectivity index (χ0v) is 21.7. The maximum absolute atomic E-state index is 13.0. The fourth-order valence-corrected chi connectivity index (χ4v) is 4.36. The molecule has 0 bridgehead atoms. The Hall–Kier alpha value is -3.66. The van der Waals surface area contributed by atoms with Gasteiger partial charge in [0.15, 0.2) is 18.1 Å². The van der Waals surface area contributed by atoms with E-state index >= 15 is 0 Å². The molecule has 1 atom stereocenters. The topological polar surface area (TPSA) is 116 Å². The minimum Gasteiger partial charge on any atom is -0.493 e. The third-order valence-corrected chi connectivity index (χ3v) is 6.29. The Morgan fingerprint density at radius 2 is 1.69 bits per heavy atom. The number of aromatic amines is 1. The van der Waals surface area contributed by atoms with Crippen LogP contribution in [0.2, 0.25) is 0 Å². The van der Waals surface area contributed by atoms with Crippen LogP contribution in [0, 0.1) is 6.92 Å². The Morgan fingerprint density at radius 1 is 1.03 bits per heavy atom. The van der Waals surface area contributed by atoms with Gasteiger partial charge in [0.05, 0.1) is 21.3 Å². The van der Waals surface area contributed by atoms with E-state index in [4.69, 9.17) is 18.9 Å². The van der Waals surface area contributed by atoms with E-state index in [1.807, 2.05) is 30.5 Å². The number of ketones is 1. The lowest BCUT2D eigenvalue weighted by Crippen LogP contribution is -2.42. The normalized spacial score (nSPS) is 11.6. The molecule has 1 aromatic heterocycles. The number of rotatable bonds is 12. The number of thioether (sulfide) groups is 1. The van der Waals surface area contributed by atoms with E-state index in [2.05, 4.69) is 10.3 Å². The van der Waals surface area contributed by atoms with Crippen LogP contribution in [0.4, 0.5) is 0 Å². The van der Waals surface area contributed by atoms with E-state index in [0.29, 0.717) is 40.7 Å². The minimum absolute atomic E-state index is 0.219. The average Bonchev–Trinajstić information content (AvgIpc) is 3.23. The lowest BCUT2D eigenvalue weighted by Gasteiger charge is -2.18. The first-order valence-electron chi connectivity index (χ1n) is 11.2. The summed E-state index contributed by atoms with van der Waals surface area (Å²) in [4.78, 5) is 42.0. The first kappa shape index (κ1) is 26.9. The van der Waals surface area contributed by atoms with E-state index in [1.54, 1.807) is 6.92 Å². The number of hydrogen-bond acceptors (Lipinski definition) is 8. The van der Waals surface area contributed by atoms with Crippen LogP contribution >= 0.6 is 11.8 Å². The van der Waals surface area contributed by atoms with Crippen LogP contribution in [0.15, 0.2) is 36.4 Å². The number of esters is 1. The maximum atomic E-state index is 13.0. The number of ether oxygens (including phenoxy) is 4. The summed E-state index contributed by atoms with van der Waals surface area (Å²) in [5.74, 6) is 0.0469. The van der Waals surface area contributed by atoms with E-state index in [1.165, 1.54) is 45.2 Å². The number of hydrogen-bond donors (Lipinski definition) is 2. The first-order valence-corrected chi connectivity index (χ1v) is 12.6. The summed E-state index contributed by atoms with van der Waals surface area (Å²) in [6.07, 6.45) is 2.23. The van der Waals surface area contributed by atoms with Gasteiger partial charge in [0, 0.05) is 27.7 Å². The molecule has 2 N–H and O–H groups in total. The summed E-state index contributed by atoms with van der Waals surface area (Å²) < 4.78 is 21.3. The molecule has 1 heterocycles. The van der Waals surface area contributed by atoms with Crippen molar-refractivity contribution in [1.29, 1.82) is 0 Å². The Morgan fingerprint density at radius 3 is 2.31 bits per heavy atom. The highest BCUT2D eigenvalue weighted by Crippen LogP contribution is 2.38. The lowest BCUT2D eigenvalue weighted by molar-refractivity contribution is -0.144. The summed E-state index contributed by atoms with van der Waals surface area (Å²) >= 11 is 1.53. The van der Waals surface area contributed by atoms with Crippen molar-refractivity contribution in [3.8, 4) is 17.2 Å². The van der Waals surface area contributed by atoms with Gasteiger partial charge in [-0.3, -0.25) is 9.59 Å². The van der Waals surface area contributed by atoms with Crippen LogP contribution in [-0.4, -0.2) is 68.6 Å². The number of methoxy groups -OCH3 is 3. The number of fused-ring (bicyclic) bond motifs is 1. The number of carbonyl (C=O) groups is 3. The van der Waals surface area contributed by atoms with Gasteiger partial charge in [-0.05, 0) is 43.6 Å². The number of amides is 1. The third kappa shape index (κ3) is 5.93. The molecular weight excluding hydrogens is 484 g/mol. The molecule has 2 aromatic carbocycles. The van der Waals surface area contributed by atoms with E-state index in [0.717, 1.165) is 10.9 Å². The number of H-pyrrole nitrogens is 1. The zero-order chi connectivity index (χ0) is 26.2. The molecule has 0 saturated heterocycles. The number of aryl methyl sites for hydroxylation is 1. The molecule has 0 aliphatic carbocycles. The van der Waals surface area contributed by atoms with Crippen molar-refractivity contribution in [2.45, 2.75) is 19.4 Å². The quantitative estimate of drug-likeness (QED) is 0.277. The highest BCUT2D eigenvalue weighted by atomic mass is 32.2. The standard InChI is InChI=1S/C26H30N2O7S/c1-15-23(17-8-6-7-9-18(17)27-15)20(29)14-35-26(31)19(10-11-36-5)28-25(30)16-12-21(32-2)24(34-4)22(13-16)33-3/h6-9,12-13,19,27H,10-11,14H2,1-5H3,(H,28,30). The van der Waals surface area contributed by atoms with Crippen molar-refractivity contribution in [3.05, 3.63) is 53.2 Å². The van der Waals surface area contributed by atoms with Crippen LogP contribution in [-0.2, 0) is 9.53 Å². The van der Waals surface area contributed by atoms with Gasteiger partial charge in [0.25, 0.3) is 5.91 Å². The molecule has 1 amide bonds. The fraction of sp³-hybridized carbons (Fsp3) is 0.346. The first-order chi connectivity index (χ1) is 17.3. The van der Waals surface area contributed by atoms with Gasteiger partial charge in [-0.2, -0.15) is 11.8 Å². The number of nitrogens with one attached hydrogen (secondary N) is 2. The smallest absolute Gasteiger partial charge is 0.329 e. The molecule has 1 unspecified atom stereocenters. The van der Waals surface area contributed by atoms with E-state index in [-0.39, 0.29) is 11.3 Å². The van der Waals surface area contributed by atoms with Gasteiger partial charge >= 0.3 is 5.97 Å². The molecule has 192 valence electrons. The molecule has 0 aliphatic heterocycles. The Balaban J connectivity index is 1.74. The predicted octanol–water partition coefficient (Wildman–Crippen LogP) is 3.78. The molecule has 0 saturated carbocycles. The second kappa shape index (κ2) is 12.3. The number of aromatic nitrogens is 1. The molecule has 0 fully saturated rings. The van der Waals surface area contributed by atoms with Gasteiger partial charge in [-0.1, -0.05) is 18.2 Å². The largest absolute Gasteiger partial charge is 0.493 e. The Kier molecular flexibility index (Phi) is 9.24. The summed E-state index contributed by atoms with van der Waals surface area (Å²) in [6.45, 7) is 1.37. The molecule has 9 nitrogen and oxygen atoms in total. The molecule has 10 heteroatoms. The highest BCUT2D eigenvalue weighted by Gasteiger charge is 2.26. The molecule has 3 rings (SSSR count). The number of carbonyl (C=O) groups excluding carboxylic acids is 3. The zero-order valence-electron chi connectivity index (χ0n) is 20.9. The second-order valence-electron chi connectivity index (χ2n) is 7.92. The fourth-order valence-electron chi connectivity index (χ4n) is 3.88. The molecule has 0 spiro atoms. The van der Waals surface area contributed by atoms with Crippen molar-refractivity contribution in [2.75, 3.05) is 39.9 Å². The summed E-state index contributed by atoms with van der Waals surface area (Å²) in [6, 6.07) is 9.49. The maximum Gasteiger partial charge on any atom is 0.329 e. The van der Waals surface area contributed by atoms with Crippen LogP contribution < -0.4 is 19.5 Å². The molecule has 0 radical (unpaired) electrons. The van der Waals surface area contributed by atoms with Crippen LogP contribution in [0.5, 0.6) is 17.2 Å². The van der Waals surface area contributed by atoms with Crippen molar-refractivity contribution >= 4 is 40.3 Å². The highest BCUT2D eigenvalue weighted by molar-refractivity contribution is 7.98. The van der Waals surface area contributed by atoms with Crippen LogP contribution in [0.3, 0.4) is 0 Å². The lowest BCUT2D eigenvalue weighted by atomic mass is 10.1. The van der Waals surface area contributed by atoms with Gasteiger partial charge in [-0.15, -0.1) is 0 Å². The molecular formula is C26H30N2O7S. The van der Waals surface area contributed by atoms with Crippen LogP contribution in [0.1, 0.15) is 32.8 Å². The monoisotopic (exact) mass is 514 g/mol. The van der Waals surface area contributed by atoms with E-state index in [9.17, 15) is 14.4 Å². The second-order valence-corrected chi connectivity index (χ2v) is 8.91. The van der Waals surface area contributed by atoms with Gasteiger partial charge in [0.1, 0.15) is 6.04 Å². The third-order valence-electron chi connectivity index (χ3n) is 5.65. The van der Waals surface area contributed by atoms with Gasteiger partial charge in [-0.25, -0.2) is 4.79 Å². The average molecular weight is 515 g/mol. The van der Waals surface area contributed by atoms with Crippen molar-refractivity contribution in [3.63, 3.8) is 0 Å². The molecule has 3 aromatic rings. The minimum atomic E-state index is -0.944. The summed E-state index contributed by atoms with van der Waals surface area (Å²) in [7, 11) is 4.36. The number of Topliss-reactive ketones (excluding diaryl/α,β-unsaturated/α-hetero) is 1. The van der Waals surface area contributed by atoms with Crippen LogP contribution in [0.25, 0.3) is 10.9 Å². The van der Waals surface area contributed by atoms with Crippen molar-refractivity contribution in [1.82, 2.24) is 10.3 Å². The Labute approximate surface area is 213 Å². The van der Waals surface area contributed by atoms with E-state index < -0.39 is 24.5 Å². The summed E-state index contributed by atoms with van der Waals surface area (Å²) in [5, 5.41) is 3.48. The molecule has 36 heavy (non-hydrogen) atoms. The van der Waals surface area contributed by atoms with Gasteiger partial charge < -0.3 is 29.2 Å². The summed E-state index contributed by atoms with van der Waals surface area (Å²) in [5.41, 5.74) is 2.24. The van der Waals surface area contributed by atoms with Gasteiger partial charge in [0.2, 0.25) is 11.5 Å². The number of benzene rings is 2. The Bertz CT molecular complexity index is 1230. The van der Waals surface area contributed by atoms with Crippen molar-refractivity contribution in [2.24, 2.45) is 0 Å². The number of para-hydroxylation sites is 1. The van der Waals surface area contributed by atoms with Crippen molar-refractivity contribution < 1.29 is 33.3 Å².